The zero-order valence-electron chi connectivity index (χ0n) is 16.5. The number of nitrogens with zero attached hydrogens (tertiary/aromatic N) is 2. The highest BCUT2D eigenvalue weighted by Crippen LogP contribution is 2.40. The van der Waals surface area contributed by atoms with Gasteiger partial charge in [-0.05, 0) is 38.5 Å². The molecule has 7 nitrogen and oxygen atoms in total. The van der Waals surface area contributed by atoms with Crippen molar-refractivity contribution in [2.24, 2.45) is 0 Å². The second-order valence-corrected chi connectivity index (χ2v) is 12.8. The molecule has 2 aliphatic rings. The molecule has 3 heterocycles. The quantitative estimate of drug-likeness (QED) is 0.283. The van der Waals surface area contributed by atoms with Crippen molar-refractivity contribution in [1.29, 1.82) is 0 Å². The molecular weight excluding hydrogens is 446 g/mol. The van der Waals surface area contributed by atoms with E-state index >= 15 is 0 Å². The minimum absolute atomic E-state index is 0.0737. The zero-order chi connectivity index (χ0) is 20.3. The molecule has 0 spiro atoms. The van der Waals surface area contributed by atoms with Crippen molar-refractivity contribution < 1.29 is 9.59 Å². The number of aromatic amines is 1. The van der Waals surface area contributed by atoms with E-state index in [0.717, 1.165) is 36.2 Å². The fourth-order valence-electron chi connectivity index (χ4n) is 3.20. The molecule has 2 fully saturated rings. The summed E-state index contributed by atoms with van der Waals surface area (Å²) in [5, 5.41) is 13.5. The van der Waals surface area contributed by atoms with Gasteiger partial charge in [0.2, 0.25) is 23.7 Å². The number of H-pyrrole nitrogens is 1. The number of nitrogens with one attached hydrogen (secondary N) is 3. The summed E-state index contributed by atoms with van der Waals surface area (Å²) < 4.78 is 0. The molecule has 1 aromatic rings. The first-order chi connectivity index (χ1) is 14.2. The van der Waals surface area contributed by atoms with Gasteiger partial charge >= 0.3 is 0 Å². The first kappa shape index (κ1) is 23.1. The van der Waals surface area contributed by atoms with Crippen molar-refractivity contribution in [1.82, 2.24) is 15.2 Å². The molecule has 3 N–H and O–H groups in total. The van der Waals surface area contributed by atoms with Gasteiger partial charge in [0.05, 0.1) is 0 Å². The Kier molecular flexibility index (Phi) is 10.4. The van der Waals surface area contributed by atoms with Gasteiger partial charge in [0.1, 0.15) is 0 Å². The van der Waals surface area contributed by atoms with E-state index < -0.39 is 0 Å². The van der Waals surface area contributed by atoms with E-state index in [2.05, 4.69) is 25.8 Å². The van der Waals surface area contributed by atoms with Crippen molar-refractivity contribution in [2.75, 3.05) is 22.1 Å². The normalized spacial score (nSPS) is 21.4. The van der Waals surface area contributed by atoms with Gasteiger partial charge in [-0.2, -0.15) is 4.98 Å². The summed E-state index contributed by atoms with van der Waals surface area (Å²) >= 11 is 0. The van der Waals surface area contributed by atoms with E-state index in [1.807, 2.05) is 43.2 Å². The minimum atomic E-state index is -0.0849. The van der Waals surface area contributed by atoms with Gasteiger partial charge in [-0.1, -0.05) is 56.0 Å². The van der Waals surface area contributed by atoms with Crippen LogP contribution >= 0.6 is 43.2 Å². The van der Waals surface area contributed by atoms with Crippen LogP contribution in [0.4, 0.5) is 11.9 Å². The number of carbonyl (C=O) groups is 2. The molecule has 1 aromatic heterocycles. The van der Waals surface area contributed by atoms with Crippen LogP contribution in [0.15, 0.2) is 0 Å². The van der Waals surface area contributed by atoms with Gasteiger partial charge in [0, 0.05) is 34.8 Å². The number of hydrogen-bond acceptors (Lipinski definition) is 8. The molecule has 2 saturated heterocycles. The maximum absolute atomic E-state index is 12.0. The van der Waals surface area contributed by atoms with Gasteiger partial charge in [-0.25, -0.2) is 5.10 Å². The second kappa shape index (κ2) is 13.0. The van der Waals surface area contributed by atoms with Gasteiger partial charge in [0.15, 0.2) is 0 Å². The molecule has 162 valence electrons. The van der Waals surface area contributed by atoms with Crippen LogP contribution < -0.4 is 10.6 Å². The average molecular weight is 476 g/mol. The molecule has 0 aliphatic carbocycles. The lowest BCUT2D eigenvalue weighted by Crippen LogP contribution is -2.14. The highest BCUT2D eigenvalue weighted by Gasteiger charge is 2.17. The minimum Gasteiger partial charge on any atom is -0.295 e. The first-order valence-corrected chi connectivity index (χ1v) is 15.0. The van der Waals surface area contributed by atoms with E-state index in [4.69, 9.17) is 0 Å². The molecule has 0 bridgehead atoms. The SMILES string of the molecule is O=C(CCCCC1CCSS1)Nc1n[nH]c(NC(=O)CCCCC2CCSS2)n1. The molecule has 11 heteroatoms. The Morgan fingerprint density at radius 3 is 2.03 bits per heavy atom. The number of carbonyl (C=O) groups excluding carboxylic acids is 2. The van der Waals surface area contributed by atoms with E-state index in [0.29, 0.717) is 12.8 Å². The Morgan fingerprint density at radius 1 is 0.897 bits per heavy atom. The summed E-state index contributed by atoms with van der Waals surface area (Å²) in [5.41, 5.74) is 0. The lowest BCUT2D eigenvalue weighted by molar-refractivity contribution is -0.117. The third kappa shape index (κ3) is 9.02. The molecule has 29 heavy (non-hydrogen) atoms. The molecule has 2 amide bonds. The molecular formula is C18H29N5O2S4. The predicted octanol–water partition coefficient (Wildman–Crippen LogP) is 5.11. The zero-order valence-corrected chi connectivity index (χ0v) is 19.7. The van der Waals surface area contributed by atoms with Gasteiger partial charge in [0.25, 0.3) is 0 Å². The standard InChI is InChI=1S/C18H29N5O2S4/c24-15(7-3-1-5-13-9-11-26-28-13)19-17-21-18(23-22-17)20-16(25)8-4-2-6-14-10-12-27-29-14/h13-14H,1-12H2,(H3,19,20,21,22,23,24,25). The van der Waals surface area contributed by atoms with Gasteiger partial charge in [-0.15, -0.1) is 5.10 Å². The van der Waals surface area contributed by atoms with Crippen molar-refractivity contribution >= 4 is 66.9 Å². The Labute approximate surface area is 188 Å². The third-order valence-electron chi connectivity index (χ3n) is 4.81. The highest BCUT2D eigenvalue weighted by molar-refractivity contribution is 8.77. The van der Waals surface area contributed by atoms with Crippen LogP contribution in [-0.4, -0.2) is 49.0 Å². The van der Waals surface area contributed by atoms with Crippen LogP contribution in [0.1, 0.15) is 64.2 Å². The summed E-state index contributed by atoms with van der Waals surface area (Å²) in [7, 11) is 7.86. The molecule has 2 unspecified atom stereocenters. The largest absolute Gasteiger partial charge is 0.295 e. The second-order valence-electron chi connectivity index (χ2n) is 7.25. The summed E-state index contributed by atoms with van der Waals surface area (Å²) in [6.07, 6.45) is 9.77. The smallest absolute Gasteiger partial charge is 0.250 e. The maximum atomic E-state index is 12.0. The van der Waals surface area contributed by atoms with Crippen molar-refractivity contribution in [2.45, 2.75) is 74.7 Å². The van der Waals surface area contributed by atoms with Crippen molar-refractivity contribution in [3.63, 3.8) is 0 Å². The summed E-state index contributed by atoms with van der Waals surface area (Å²) in [5.74, 6) is 2.83. The molecule has 2 atom stereocenters. The summed E-state index contributed by atoms with van der Waals surface area (Å²) in [6.45, 7) is 0. The Bertz CT molecular complexity index is 595. The number of aromatic nitrogens is 3. The van der Waals surface area contributed by atoms with Crippen LogP contribution in [0.25, 0.3) is 0 Å². The fraction of sp³-hybridized carbons (Fsp3) is 0.778. The predicted molar refractivity (Wildman–Crippen MR) is 127 cm³/mol. The first-order valence-electron chi connectivity index (χ1n) is 10.3. The molecule has 3 rings (SSSR count). The number of amides is 2. The molecule has 0 aromatic carbocycles. The van der Waals surface area contributed by atoms with Gasteiger partial charge in [-0.3, -0.25) is 20.2 Å². The molecule has 2 aliphatic heterocycles. The Hall–Kier alpha value is -0.520. The molecule has 0 radical (unpaired) electrons. The van der Waals surface area contributed by atoms with E-state index in [9.17, 15) is 9.59 Å². The van der Waals surface area contributed by atoms with Crippen LogP contribution in [-0.2, 0) is 9.59 Å². The van der Waals surface area contributed by atoms with E-state index in [-0.39, 0.29) is 23.7 Å². The highest BCUT2D eigenvalue weighted by atomic mass is 33.1. The topological polar surface area (TPSA) is 99.8 Å². The summed E-state index contributed by atoms with van der Waals surface area (Å²) in [4.78, 5) is 28.2. The lowest BCUT2D eigenvalue weighted by atomic mass is 10.1. The number of unbranched alkanes of at least 4 members (excludes halogenated alkanes) is 2. The number of rotatable bonds is 12. The van der Waals surface area contributed by atoms with Crippen molar-refractivity contribution in [3.8, 4) is 0 Å². The monoisotopic (exact) mass is 475 g/mol. The lowest BCUT2D eigenvalue weighted by Gasteiger charge is -2.06. The van der Waals surface area contributed by atoms with E-state index in [1.165, 1.54) is 37.2 Å². The maximum Gasteiger partial charge on any atom is 0.250 e. The average Bonchev–Trinajstić information content (AvgIpc) is 3.46. The Balaban J connectivity index is 1.25. The third-order valence-corrected chi connectivity index (χ3v) is 10.8. The van der Waals surface area contributed by atoms with Crippen LogP contribution in [0.3, 0.4) is 0 Å². The summed E-state index contributed by atoms with van der Waals surface area (Å²) in [6, 6.07) is 0. The number of anilines is 2. The number of hydrogen-bond donors (Lipinski definition) is 3. The fourth-order valence-corrected chi connectivity index (χ4v) is 9.25. The van der Waals surface area contributed by atoms with Crippen LogP contribution in [0, 0.1) is 0 Å². The van der Waals surface area contributed by atoms with Gasteiger partial charge < -0.3 is 0 Å². The Morgan fingerprint density at radius 2 is 1.48 bits per heavy atom. The molecule has 0 saturated carbocycles. The van der Waals surface area contributed by atoms with Crippen LogP contribution in [0.5, 0.6) is 0 Å². The van der Waals surface area contributed by atoms with E-state index in [1.54, 1.807) is 0 Å². The van der Waals surface area contributed by atoms with Crippen LogP contribution in [0.2, 0.25) is 0 Å². The van der Waals surface area contributed by atoms with Crippen molar-refractivity contribution in [3.05, 3.63) is 0 Å².